The van der Waals surface area contributed by atoms with Gasteiger partial charge in [0.2, 0.25) is 11.9 Å². The molecule has 244 valence electrons. The fourth-order valence-corrected chi connectivity index (χ4v) is 5.33. The predicted octanol–water partition coefficient (Wildman–Crippen LogP) is 2.91. The fraction of sp³-hybridized carbons (Fsp3) is 0.577. The summed E-state index contributed by atoms with van der Waals surface area (Å²) in [5, 5.41) is 14.2. The fourth-order valence-electron chi connectivity index (χ4n) is 5.33. The number of likely N-dealkylation sites (tertiary alicyclic amines) is 1. The van der Waals surface area contributed by atoms with Crippen LogP contribution in [0, 0.1) is 11.3 Å². The first-order chi connectivity index (χ1) is 20.6. The van der Waals surface area contributed by atoms with E-state index in [4.69, 9.17) is 29.0 Å². The van der Waals surface area contributed by atoms with Gasteiger partial charge in [0.25, 0.3) is 0 Å². The maximum Gasteiger partial charge on any atom is 0.490 e. The van der Waals surface area contributed by atoms with E-state index >= 15 is 0 Å². The van der Waals surface area contributed by atoms with Gasteiger partial charge in [0.05, 0.1) is 31.2 Å². The SMILES string of the molecule is O=C(N1CCOCC1)[C@]12CCCN(Cc3ccoc3)C[C@H]1CN(c1ncccn1)C2.O=C(O)C(F)(F)F.O=C(O)C(F)(F)F. The van der Waals surface area contributed by atoms with Crippen molar-refractivity contribution in [2.45, 2.75) is 31.7 Å². The molecule has 3 saturated heterocycles. The molecule has 0 aromatic carbocycles. The summed E-state index contributed by atoms with van der Waals surface area (Å²) in [4.78, 5) is 47.3. The number of morpholine rings is 1. The zero-order valence-corrected chi connectivity index (χ0v) is 23.3. The lowest BCUT2D eigenvalue weighted by atomic mass is 9.73. The predicted molar refractivity (Wildman–Crippen MR) is 138 cm³/mol. The number of carboxylic acids is 2. The third-order valence-electron chi connectivity index (χ3n) is 7.30. The molecule has 3 aliphatic heterocycles. The number of nitrogens with zero attached hydrogens (tertiary/aromatic N) is 5. The Morgan fingerprint density at radius 2 is 1.55 bits per heavy atom. The van der Waals surface area contributed by atoms with Crippen LogP contribution in [0.1, 0.15) is 18.4 Å². The first kappa shape index (κ1) is 34.6. The van der Waals surface area contributed by atoms with Gasteiger partial charge in [-0.25, -0.2) is 19.6 Å². The lowest BCUT2D eigenvalue weighted by Gasteiger charge is -2.38. The second-order valence-electron chi connectivity index (χ2n) is 10.3. The number of carbonyl (C=O) groups excluding carboxylic acids is 1. The van der Waals surface area contributed by atoms with Crippen LogP contribution in [0.2, 0.25) is 0 Å². The van der Waals surface area contributed by atoms with Gasteiger partial charge in [-0.3, -0.25) is 9.69 Å². The summed E-state index contributed by atoms with van der Waals surface area (Å²) in [6, 6.07) is 3.86. The van der Waals surface area contributed by atoms with Gasteiger partial charge < -0.3 is 29.2 Å². The lowest BCUT2D eigenvalue weighted by Crippen LogP contribution is -2.52. The molecule has 2 aromatic heterocycles. The molecule has 0 unspecified atom stereocenters. The Hall–Kier alpha value is -3.93. The average Bonchev–Trinajstić information content (AvgIpc) is 3.58. The van der Waals surface area contributed by atoms with E-state index in [2.05, 4.69) is 19.8 Å². The monoisotopic (exact) mass is 639 g/mol. The van der Waals surface area contributed by atoms with Gasteiger partial charge >= 0.3 is 24.3 Å². The molecule has 18 heteroatoms. The number of rotatable bonds is 4. The number of alkyl halides is 6. The van der Waals surface area contributed by atoms with Crippen LogP contribution in [-0.2, 0) is 25.7 Å². The van der Waals surface area contributed by atoms with Crippen molar-refractivity contribution in [3.63, 3.8) is 0 Å². The molecule has 44 heavy (non-hydrogen) atoms. The molecular formula is C26H31F6N5O7. The standard InChI is InChI=1S/C22H29N5O3.2C2HF3O2/c28-20(26-8-11-29-12-9-26)22-4-1-7-25(13-18-3-10-30-16-18)14-19(22)15-27(17-22)21-23-5-2-6-24-21;2*3-2(4,5)1(6)7/h2-3,5-6,10,16,19H,1,4,7-9,11-15,17H2;2*(H,6,7)/t19-,22-;;/m0../s1. The molecular weight excluding hydrogens is 608 g/mol. The highest BCUT2D eigenvalue weighted by Gasteiger charge is 2.55. The Labute approximate surface area is 247 Å². The minimum absolute atomic E-state index is 0.242. The zero-order chi connectivity index (χ0) is 32.5. The van der Waals surface area contributed by atoms with Gasteiger partial charge in [-0.15, -0.1) is 0 Å². The normalized spacial score (nSPS) is 22.5. The number of furan rings is 1. The Kier molecular flexibility index (Phi) is 11.5. The Morgan fingerprint density at radius 3 is 2.07 bits per heavy atom. The third kappa shape index (κ3) is 9.28. The van der Waals surface area contributed by atoms with Gasteiger partial charge in [-0.2, -0.15) is 26.3 Å². The van der Waals surface area contributed by atoms with Crippen molar-refractivity contribution in [2.24, 2.45) is 11.3 Å². The molecule has 1 amide bonds. The van der Waals surface area contributed by atoms with Crippen molar-refractivity contribution in [2.75, 3.05) is 57.4 Å². The summed E-state index contributed by atoms with van der Waals surface area (Å²) >= 11 is 0. The van der Waals surface area contributed by atoms with Crippen LogP contribution in [0.25, 0.3) is 0 Å². The van der Waals surface area contributed by atoms with Gasteiger partial charge in [0, 0.05) is 63.1 Å². The second-order valence-corrected chi connectivity index (χ2v) is 10.3. The molecule has 2 aromatic rings. The molecule has 0 aliphatic carbocycles. The van der Waals surface area contributed by atoms with Crippen LogP contribution in [0.3, 0.4) is 0 Å². The number of ether oxygens (including phenoxy) is 1. The average molecular weight is 640 g/mol. The minimum Gasteiger partial charge on any atom is -0.475 e. The van der Waals surface area contributed by atoms with Crippen LogP contribution in [0.5, 0.6) is 0 Å². The molecule has 0 bridgehead atoms. The number of carbonyl (C=O) groups is 3. The Morgan fingerprint density at radius 1 is 0.955 bits per heavy atom. The van der Waals surface area contributed by atoms with Crippen LogP contribution >= 0.6 is 0 Å². The summed E-state index contributed by atoms with van der Waals surface area (Å²) in [7, 11) is 0. The quantitative estimate of drug-likeness (QED) is 0.476. The number of aliphatic carboxylic acids is 2. The van der Waals surface area contributed by atoms with Gasteiger partial charge in [0.1, 0.15) is 0 Å². The van der Waals surface area contributed by atoms with Crippen molar-refractivity contribution >= 4 is 23.8 Å². The summed E-state index contributed by atoms with van der Waals surface area (Å²) in [6.45, 7) is 6.89. The Bertz CT molecular complexity index is 1200. The topological polar surface area (TPSA) is 150 Å². The van der Waals surface area contributed by atoms with E-state index in [9.17, 15) is 31.1 Å². The van der Waals surface area contributed by atoms with E-state index < -0.39 is 24.3 Å². The highest BCUT2D eigenvalue weighted by atomic mass is 19.4. The third-order valence-corrected chi connectivity index (χ3v) is 7.30. The van der Waals surface area contributed by atoms with Crippen LogP contribution in [0.4, 0.5) is 32.3 Å². The highest BCUT2D eigenvalue weighted by Crippen LogP contribution is 2.45. The smallest absolute Gasteiger partial charge is 0.475 e. The van der Waals surface area contributed by atoms with Crippen molar-refractivity contribution in [1.29, 1.82) is 0 Å². The second kappa shape index (κ2) is 14.7. The molecule has 0 radical (unpaired) electrons. The van der Waals surface area contributed by atoms with E-state index in [0.29, 0.717) is 38.8 Å². The largest absolute Gasteiger partial charge is 0.490 e. The maximum atomic E-state index is 13.9. The van der Waals surface area contributed by atoms with Crippen LogP contribution < -0.4 is 4.90 Å². The molecule has 3 aliphatic rings. The number of hydrogen-bond donors (Lipinski definition) is 2. The number of amides is 1. The van der Waals surface area contributed by atoms with E-state index in [0.717, 1.165) is 45.0 Å². The van der Waals surface area contributed by atoms with E-state index in [1.54, 1.807) is 18.7 Å². The van der Waals surface area contributed by atoms with Crippen molar-refractivity contribution in [3.05, 3.63) is 42.6 Å². The van der Waals surface area contributed by atoms with Crippen LogP contribution in [-0.4, -0.2) is 113 Å². The number of halogens is 6. The van der Waals surface area contributed by atoms with Crippen molar-refractivity contribution < 1.29 is 60.1 Å². The number of anilines is 1. The molecule has 0 saturated carbocycles. The summed E-state index contributed by atoms with van der Waals surface area (Å²) < 4.78 is 74.2. The van der Waals surface area contributed by atoms with E-state index in [1.165, 1.54) is 5.56 Å². The van der Waals surface area contributed by atoms with Crippen LogP contribution in [0.15, 0.2) is 41.5 Å². The van der Waals surface area contributed by atoms with Crippen molar-refractivity contribution in [1.82, 2.24) is 19.8 Å². The first-order valence-electron chi connectivity index (χ1n) is 13.4. The van der Waals surface area contributed by atoms with E-state index in [1.807, 2.05) is 23.3 Å². The maximum absolute atomic E-state index is 13.9. The molecule has 0 spiro atoms. The number of carboxylic acid groups (broad SMARTS) is 2. The molecule has 2 atom stereocenters. The zero-order valence-electron chi connectivity index (χ0n) is 23.3. The molecule has 3 fully saturated rings. The number of fused-ring (bicyclic) bond motifs is 1. The number of aromatic nitrogens is 2. The van der Waals surface area contributed by atoms with Gasteiger partial charge in [-0.1, -0.05) is 0 Å². The van der Waals surface area contributed by atoms with Crippen molar-refractivity contribution in [3.8, 4) is 0 Å². The molecule has 2 N–H and O–H groups in total. The Balaban J connectivity index is 0.000000317. The molecule has 12 nitrogen and oxygen atoms in total. The summed E-state index contributed by atoms with van der Waals surface area (Å²) in [5.41, 5.74) is 0.796. The number of hydrogen-bond acceptors (Lipinski definition) is 9. The van der Waals surface area contributed by atoms with Gasteiger partial charge in [0.15, 0.2) is 0 Å². The van der Waals surface area contributed by atoms with E-state index in [-0.39, 0.29) is 11.3 Å². The van der Waals surface area contributed by atoms with Gasteiger partial charge in [-0.05, 0) is 31.5 Å². The molecule has 5 rings (SSSR count). The lowest BCUT2D eigenvalue weighted by molar-refractivity contribution is -0.193. The highest BCUT2D eigenvalue weighted by molar-refractivity contribution is 5.85. The summed E-state index contributed by atoms with van der Waals surface area (Å²) in [6.07, 6.45) is -1.16. The molecule has 5 heterocycles. The first-order valence-corrected chi connectivity index (χ1v) is 13.4. The minimum atomic E-state index is -5.08. The summed E-state index contributed by atoms with van der Waals surface area (Å²) in [5.74, 6) is -4.26.